The van der Waals surface area contributed by atoms with Crippen LogP contribution in [0.3, 0.4) is 0 Å². The zero-order valence-corrected chi connectivity index (χ0v) is 49.6. The number of ether oxygens (including phenoxy) is 1. The SMILES string of the molecule is CC(C)(C)c1ccc(C2(c3ccnc(-n4c5ccccc5c5ccc(Oc6cc(N7CN(c8c(-c9ccccc9)cc(C(C)(C)C)cc8-c8ccccc8)c8ccccc87)cc(C(C)(C)C)c6)cc54)c3)c3ccccc3-c3ccccc32)cc1. The summed E-state index contributed by atoms with van der Waals surface area (Å²) in [6, 6.07) is 89.4. The predicted molar refractivity (Wildman–Crippen MR) is 351 cm³/mol. The van der Waals surface area contributed by atoms with Crippen LogP contribution in [0.5, 0.6) is 11.5 Å². The number of hydrogen-bond acceptors (Lipinski definition) is 4. The van der Waals surface area contributed by atoms with Crippen molar-refractivity contribution in [2.75, 3.05) is 16.5 Å². The van der Waals surface area contributed by atoms with Gasteiger partial charge in [-0.25, -0.2) is 4.98 Å². The van der Waals surface area contributed by atoms with Crippen molar-refractivity contribution in [3.8, 4) is 50.7 Å². The highest BCUT2D eigenvalue weighted by Crippen LogP contribution is 2.57. The summed E-state index contributed by atoms with van der Waals surface area (Å²) < 4.78 is 9.56. The molecule has 10 aromatic carbocycles. The van der Waals surface area contributed by atoms with E-state index in [1.807, 2.05) is 6.20 Å². The minimum atomic E-state index is -0.595. The standard InChI is InChI=1S/C79H70N4O/c1-76(2,3)54-36-38-55(39-37-54)79(68-31-19-16-28-62(68)63-29-17-20-32-69(63)79)56-42-43-80-74(48-56)83-70-33-21-18-30-64(70)65-41-40-60(50-73(65)83)84-61-45-57(77(4,5)6)44-59(49-61)81-51-82(72-35-23-22-34-71(72)81)75-66(52-24-12-10-13-25-52)46-58(78(7,8)9)47-67(75)53-26-14-11-15-27-53/h10-50H,51H2,1-9H3. The van der Waals surface area contributed by atoms with E-state index in [0.717, 1.165) is 61.7 Å². The molecule has 3 heterocycles. The van der Waals surface area contributed by atoms with Crippen molar-refractivity contribution >= 4 is 44.6 Å². The maximum absolute atomic E-state index is 7.22. The van der Waals surface area contributed by atoms with Gasteiger partial charge in [0.1, 0.15) is 24.0 Å². The third kappa shape index (κ3) is 8.79. The number of aromatic nitrogens is 2. The number of anilines is 4. The predicted octanol–water partition coefficient (Wildman–Crippen LogP) is 20.8. The monoisotopic (exact) mass is 1090 g/mol. The lowest BCUT2D eigenvalue weighted by atomic mass is 9.67. The van der Waals surface area contributed by atoms with Gasteiger partial charge in [0.2, 0.25) is 0 Å². The molecule has 2 aromatic heterocycles. The van der Waals surface area contributed by atoms with Gasteiger partial charge in [0.05, 0.1) is 33.5 Å². The number of hydrogen-bond donors (Lipinski definition) is 0. The van der Waals surface area contributed by atoms with Gasteiger partial charge in [0.15, 0.2) is 0 Å². The fourth-order valence-electron chi connectivity index (χ4n) is 13.3. The largest absolute Gasteiger partial charge is 0.457 e. The van der Waals surface area contributed by atoms with Gasteiger partial charge >= 0.3 is 0 Å². The van der Waals surface area contributed by atoms with Crippen molar-refractivity contribution < 1.29 is 4.74 Å². The first-order chi connectivity index (χ1) is 40.5. The second-order valence-electron chi connectivity index (χ2n) is 26.1. The van der Waals surface area contributed by atoms with Crippen LogP contribution in [0.15, 0.2) is 249 Å². The summed E-state index contributed by atoms with van der Waals surface area (Å²) in [6.07, 6.45) is 2.00. The highest BCUT2D eigenvalue weighted by Gasteiger charge is 2.46. The Hall–Kier alpha value is -9.45. The molecule has 0 amide bonds. The molecular formula is C79H70N4O. The first-order valence-corrected chi connectivity index (χ1v) is 29.6. The second kappa shape index (κ2) is 19.9. The minimum absolute atomic E-state index is 0.0150. The summed E-state index contributed by atoms with van der Waals surface area (Å²) in [5, 5.41) is 2.29. The van der Waals surface area contributed by atoms with Gasteiger partial charge in [-0.05, 0) is 144 Å². The van der Waals surface area contributed by atoms with E-state index >= 15 is 0 Å². The Labute approximate surface area is 495 Å². The van der Waals surface area contributed by atoms with Crippen LogP contribution in [0, 0.1) is 0 Å². The van der Waals surface area contributed by atoms with Crippen LogP contribution in [0.25, 0.3) is 61.0 Å². The van der Waals surface area contributed by atoms with E-state index in [1.54, 1.807) is 0 Å². The third-order valence-electron chi connectivity index (χ3n) is 17.7. The molecular weight excluding hydrogens is 1020 g/mol. The van der Waals surface area contributed by atoms with Gasteiger partial charge in [-0.2, -0.15) is 0 Å². The summed E-state index contributed by atoms with van der Waals surface area (Å²) in [7, 11) is 0. The molecule has 0 fully saturated rings. The third-order valence-corrected chi connectivity index (χ3v) is 17.7. The fourth-order valence-corrected chi connectivity index (χ4v) is 13.3. The van der Waals surface area contributed by atoms with Crippen LogP contribution in [0.1, 0.15) is 101 Å². The maximum atomic E-state index is 7.22. The molecule has 0 radical (unpaired) electrons. The molecule has 0 N–H and O–H groups in total. The van der Waals surface area contributed by atoms with E-state index in [-0.39, 0.29) is 16.2 Å². The number of nitrogens with zero attached hydrogens (tertiary/aromatic N) is 4. The molecule has 1 aliphatic heterocycles. The zero-order valence-electron chi connectivity index (χ0n) is 49.6. The van der Waals surface area contributed by atoms with Crippen molar-refractivity contribution in [1.29, 1.82) is 0 Å². The zero-order chi connectivity index (χ0) is 57.7. The number of rotatable bonds is 9. The van der Waals surface area contributed by atoms with Gasteiger partial charge in [0, 0.05) is 45.9 Å². The van der Waals surface area contributed by atoms with Crippen LogP contribution in [0.2, 0.25) is 0 Å². The summed E-state index contributed by atoms with van der Waals surface area (Å²) in [5.41, 5.74) is 21.8. The molecule has 0 saturated heterocycles. The van der Waals surface area contributed by atoms with Gasteiger partial charge in [-0.1, -0.05) is 226 Å². The van der Waals surface area contributed by atoms with Gasteiger partial charge < -0.3 is 14.5 Å². The molecule has 0 bridgehead atoms. The lowest BCUT2D eigenvalue weighted by Crippen LogP contribution is -2.29. The number of para-hydroxylation sites is 3. The van der Waals surface area contributed by atoms with Crippen LogP contribution < -0.4 is 14.5 Å². The molecule has 14 rings (SSSR count). The van der Waals surface area contributed by atoms with Gasteiger partial charge in [-0.15, -0.1) is 0 Å². The summed E-state index contributed by atoms with van der Waals surface area (Å²) in [6.45, 7) is 21.2. The highest BCUT2D eigenvalue weighted by atomic mass is 16.5. The van der Waals surface area contributed by atoms with Crippen LogP contribution in [0.4, 0.5) is 22.7 Å². The average molecular weight is 1090 g/mol. The average Bonchev–Trinajstić information content (AvgIpc) is 1.73. The number of fused-ring (bicyclic) bond motifs is 7. The Bertz CT molecular complexity index is 4390. The van der Waals surface area contributed by atoms with Gasteiger partial charge in [0.25, 0.3) is 0 Å². The van der Waals surface area contributed by atoms with Crippen molar-refractivity contribution in [3.63, 3.8) is 0 Å². The lowest BCUT2D eigenvalue weighted by Gasteiger charge is -2.34. The fraction of sp³-hybridized carbons (Fsp3) is 0.177. The molecule has 5 nitrogen and oxygen atoms in total. The Morgan fingerprint density at radius 2 is 0.929 bits per heavy atom. The molecule has 0 atom stereocenters. The smallest absolute Gasteiger partial charge is 0.137 e. The van der Waals surface area contributed by atoms with Crippen molar-refractivity contribution in [2.45, 2.75) is 84.0 Å². The lowest BCUT2D eigenvalue weighted by molar-refractivity contribution is 0.479. The molecule has 0 spiro atoms. The summed E-state index contributed by atoms with van der Waals surface area (Å²) >= 11 is 0. The molecule has 412 valence electrons. The normalized spacial score (nSPS) is 13.8. The van der Waals surface area contributed by atoms with E-state index in [2.05, 4.69) is 319 Å². The van der Waals surface area contributed by atoms with Crippen molar-refractivity contribution in [1.82, 2.24) is 9.55 Å². The van der Waals surface area contributed by atoms with E-state index in [0.29, 0.717) is 6.67 Å². The van der Waals surface area contributed by atoms with Crippen LogP contribution >= 0.6 is 0 Å². The summed E-state index contributed by atoms with van der Waals surface area (Å²) in [5.74, 6) is 2.37. The molecule has 12 aromatic rings. The van der Waals surface area contributed by atoms with Crippen LogP contribution in [-0.2, 0) is 21.7 Å². The molecule has 84 heavy (non-hydrogen) atoms. The first kappa shape index (κ1) is 52.6. The Morgan fingerprint density at radius 3 is 1.55 bits per heavy atom. The first-order valence-electron chi connectivity index (χ1n) is 29.6. The molecule has 0 saturated carbocycles. The second-order valence-corrected chi connectivity index (χ2v) is 26.1. The number of benzene rings is 10. The Kier molecular flexibility index (Phi) is 12.5. The van der Waals surface area contributed by atoms with Crippen molar-refractivity contribution in [2.24, 2.45) is 0 Å². The quantitative estimate of drug-likeness (QED) is 0.144. The van der Waals surface area contributed by atoms with E-state index < -0.39 is 5.41 Å². The molecule has 5 heteroatoms. The van der Waals surface area contributed by atoms with E-state index in [4.69, 9.17) is 9.72 Å². The number of pyridine rings is 1. The molecule has 0 unspecified atom stereocenters. The summed E-state index contributed by atoms with van der Waals surface area (Å²) in [4.78, 5) is 10.3. The maximum Gasteiger partial charge on any atom is 0.137 e. The van der Waals surface area contributed by atoms with Crippen molar-refractivity contribution in [3.05, 3.63) is 288 Å². The molecule has 2 aliphatic rings. The molecule has 1 aliphatic carbocycles. The highest BCUT2D eigenvalue weighted by molar-refractivity contribution is 6.09. The van der Waals surface area contributed by atoms with E-state index in [9.17, 15) is 0 Å². The Morgan fingerprint density at radius 1 is 0.393 bits per heavy atom. The Balaban J connectivity index is 0.892. The van der Waals surface area contributed by atoms with Gasteiger partial charge in [-0.3, -0.25) is 4.57 Å². The topological polar surface area (TPSA) is 33.5 Å². The minimum Gasteiger partial charge on any atom is -0.457 e. The van der Waals surface area contributed by atoms with E-state index in [1.165, 1.54) is 72.4 Å². The van der Waals surface area contributed by atoms with Crippen LogP contribution in [-0.4, -0.2) is 16.2 Å².